The lowest BCUT2D eigenvalue weighted by Crippen LogP contribution is -2.36. The van der Waals surface area contributed by atoms with Crippen molar-refractivity contribution in [3.8, 4) is 5.75 Å². The summed E-state index contributed by atoms with van der Waals surface area (Å²) in [5.41, 5.74) is 4.54. The van der Waals surface area contributed by atoms with E-state index in [4.69, 9.17) is 4.74 Å². The Morgan fingerprint density at radius 3 is 2.19 bits per heavy atom. The fraction of sp³-hybridized carbons (Fsp3) is 0.556. The third-order valence-corrected chi connectivity index (χ3v) is 7.32. The number of hydrogen-bond acceptors (Lipinski definition) is 4. The van der Waals surface area contributed by atoms with E-state index in [0.717, 1.165) is 70.4 Å². The molecule has 1 N–H and O–H groups in total. The predicted octanol–water partition coefficient (Wildman–Crippen LogP) is 6.89. The van der Waals surface area contributed by atoms with Crippen LogP contribution in [0.25, 0.3) is 0 Å². The highest BCUT2D eigenvalue weighted by molar-refractivity contribution is 9.10. The van der Waals surface area contributed by atoms with Crippen LogP contribution in [0.2, 0.25) is 0 Å². The van der Waals surface area contributed by atoms with Crippen LogP contribution in [-0.4, -0.2) is 18.2 Å². The smallest absolute Gasteiger partial charge is 0.161 e. The minimum atomic E-state index is -0.320. The van der Waals surface area contributed by atoms with E-state index in [1.807, 2.05) is 18.2 Å². The number of allylic oxidation sites excluding steroid dienone is 4. The number of benzene rings is 1. The highest BCUT2D eigenvalue weighted by Gasteiger charge is 2.41. The van der Waals surface area contributed by atoms with Crippen molar-refractivity contribution in [2.75, 3.05) is 6.61 Å². The lowest BCUT2D eigenvalue weighted by atomic mass is 9.71. The molecular formula is C27H34BrNO3. The van der Waals surface area contributed by atoms with Crippen molar-refractivity contribution in [2.45, 2.75) is 89.9 Å². The summed E-state index contributed by atoms with van der Waals surface area (Å²) in [6.07, 6.45) is 11.8. The van der Waals surface area contributed by atoms with Crippen LogP contribution in [0.1, 0.15) is 95.5 Å². The Morgan fingerprint density at radius 2 is 1.53 bits per heavy atom. The largest absolute Gasteiger partial charge is 0.493 e. The minimum Gasteiger partial charge on any atom is -0.493 e. The normalized spacial score (nSPS) is 19.1. The Labute approximate surface area is 200 Å². The zero-order chi connectivity index (χ0) is 22.5. The van der Waals surface area contributed by atoms with Gasteiger partial charge < -0.3 is 10.1 Å². The van der Waals surface area contributed by atoms with Crippen LogP contribution < -0.4 is 10.1 Å². The summed E-state index contributed by atoms with van der Waals surface area (Å²) in [6, 6.07) is 6.02. The quantitative estimate of drug-likeness (QED) is 0.375. The second-order valence-electron chi connectivity index (χ2n) is 9.19. The van der Waals surface area contributed by atoms with E-state index in [-0.39, 0.29) is 17.5 Å². The third kappa shape index (κ3) is 5.03. The van der Waals surface area contributed by atoms with E-state index in [1.165, 1.54) is 32.1 Å². The van der Waals surface area contributed by atoms with Crippen LogP contribution in [0.15, 0.2) is 45.2 Å². The van der Waals surface area contributed by atoms with Crippen LogP contribution in [0.3, 0.4) is 0 Å². The maximum atomic E-state index is 13.1. The fourth-order valence-corrected chi connectivity index (χ4v) is 5.61. The molecule has 32 heavy (non-hydrogen) atoms. The van der Waals surface area contributed by atoms with Crippen molar-refractivity contribution >= 4 is 27.5 Å². The second-order valence-corrected chi connectivity index (χ2v) is 10.1. The highest BCUT2D eigenvalue weighted by Crippen LogP contribution is 2.48. The number of Topliss-reactive ketones (excluding diaryl/α,β-unsaturated/α-hetero) is 2. The summed E-state index contributed by atoms with van der Waals surface area (Å²) < 4.78 is 7.21. The topological polar surface area (TPSA) is 55.4 Å². The summed E-state index contributed by atoms with van der Waals surface area (Å²) in [5, 5.41) is 3.49. The van der Waals surface area contributed by atoms with E-state index < -0.39 is 0 Å². The molecule has 5 heteroatoms. The molecular weight excluding hydrogens is 466 g/mol. The predicted molar refractivity (Wildman–Crippen MR) is 131 cm³/mol. The standard InChI is InChI=1S/C27H34BrNO3/c1-2-3-4-5-6-7-16-32-24-15-14-18(28)17-19(24)25-26-20(10-8-12-22(26)30)29-21-11-9-13-23(31)27(21)25/h14-15,17,25,29H,2-13,16H2,1H3. The van der Waals surface area contributed by atoms with Gasteiger partial charge in [0.1, 0.15) is 5.75 Å². The summed E-state index contributed by atoms with van der Waals surface area (Å²) in [7, 11) is 0. The average molecular weight is 500 g/mol. The summed E-state index contributed by atoms with van der Waals surface area (Å²) in [4.78, 5) is 26.2. The lowest BCUT2D eigenvalue weighted by Gasteiger charge is -2.37. The SMILES string of the molecule is CCCCCCCCOc1ccc(Br)cc1C1C2=C(CCCC2=O)NC2=C1C(=O)CCC2. The lowest BCUT2D eigenvalue weighted by molar-refractivity contribution is -0.116. The third-order valence-electron chi connectivity index (χ3n) is 6.83. The molecule has 0 fully saturated rings. The second kappa shape index (κ2) is 10.8. The molecule has 3 aliphatic rings. The van der Waals surface area contributed by atoms with Gasteiger partial charge >= 0.3 is 0 Å². The van der Waals surface area contributed by atoms with E-state index in [9.17, 15) is 9.59 Å². The van der Waals surface area contributed by atoms with Gasteiger partial charge in [-0.3, -0.25) is 9.59 Å². The monoisotopic (exact) mass is 499 g/mol. The maximum Gasteiger partial charge on any atom is 0.161 e. The summed E-state index contributed by atoms with van der Waals surface area (Å²) >= 11 is 3.61. The number of ketones is 2. The van der Waals surface area contributed by atoms with Crippen molar-refractivity contribution in [1.29, 1.82) is 0 Å². The molecule has 0 atom stereocenters. The van der Waals surface area contributed by atoms with Gasteiger partial charge in [0, 0.05) is 51.3 Å². The molecule has 0 spiro atoms. The number of rotatable bonds is 9. The van der Waals surface area contributed by atoms with Gasteiger partial charge in [-0.2, -0.15) is 0 Å². The summed E-state index contributed by atoms with van der Waals surface area (Å²) in [5.74, 6) is 0.800. The zero-order valence-electron chi connectivity index (χ0n) is 19.1. The van der Waals surface area contributed by atoms with Gasteiger partial charge in [-0.05, 0) is 50.3 Å². The Kier molecular flexibility index (Phi) is 7.88. The molecule has 0 amide bonds. The van der Waals surface area contributed by atoms with Gasteiger partial charge in [0.05, 0.1) is 6.61 Å². The van der Waals surface area contributed by atoms with E-state index >= 15 is 0 Å². The van der Waals surface area contributed by atoms with Crippen LogP contribution in [0, 0.1) is 0 Å². The molecule has 2 aliphatic carbocycles. The molecule has 1 aromatic carbocycles. The highest BCUT2D eigenvalue weighted by atomic mass is 79.9. The number of dihydropyridines is 1. The molecule has 4 rings (SSSR count). The Morgan fingerprint density at radius 1 is 0.906 bits per heavy atom. The van der Waals surface area contributed by atoms with Crippen molar-refractivity contribution in [1.82, 2.24) is 5.32 Å². The molecule has 0 unspecified atom stereocenters. The van der Waals surface area contributed by atoms with Gasteiger partial charge in [-0.1, -0.05) is 55.0 Å². The molecule has 1 aliphatic heterocycles. The Balaban J connectivity index is 1.63. The van der Waals surface area contributed by atoms with Gasteiger partial charge in [0.15, 0.2) is 11.6 Å². The van der Waals surface area contributed by atoms with Crippen molar-refractivity contribution in [3.63, 3.8) is 0 Å². The van der Waals surface area contributed by atoms with E-state index in [1.54, 1.807) is 0 Å². The Bertz CT molecular complexity index is 904. The van der Waals surface area contributed by atoms with Crippen molar-refractivity contribution < 1.29 is 14.3 Å². The molecule has 4 nitrogen and oxygen atoms in total. The molecule has 0 bridgehead atoms. The first kappa shape index (κ1) is 23.3. The van der Waals surface area contributed by atoms with E-state index in [2.05, 4.69) is 28.2 Å². The molecule has 1 aromatic rings. The first-order valence-electron chi connectivity index (χ1n) is 12.3. The van der Waals surface area contributed by atoms with E-state index in [0.29, 0.717) is 19.4 Å². The first-order chi connectivity index (χ1) is 15.6. The van der Waals surface area contributed by atoms with Crippen LogP contribution in [-0.2, 0) is 9.59 Å². The fourth-order valence-electron chi connectivity index (χ4n) is 5.24. The Hall–Kier alpha value is -1.88. The van der Waals surface area contributed by atoms with Crippen molar-refractivity contribution in [3.05, 3.63) is 50.8 Å². The molecule has 0 aromatic heterocycles. The molecule has 172 valence electrons. The van der Waals surface area contributed by atoms with Gasteiger partial charge in [-0.25, -0.2) is 0 Å². The number of carbonyl (C=O) groups is 2. The minimum absolute atomic E-state index is 0.163. The van der Waals surface area contributed by atoms with Crippen LogP contribution in [0.5, 0.6) is 5.75 Å². The number of unbranched alkanes of at least 4 members (excludes halogenated alkanes) is 5. The zero-order valence-corrected chi connectivity index (χ0v) is 20.7. The molecule has 1 heterocycles. The van der Waals surface area contributed by atoms with Crippen LogP contribution >= 0.6 is 15.9 Å². The number of carbonyl (C=O) groups excluding carboxylic acids is 2. The maximum absolute atomic E-state index is 13.1. The molecule has 0 saturated heterocycles. The van der Waals surface area contributed by atoms with Gasteiger partial charge in [-0.15, -0.1) is 0 Å². The van der Waals surface area contributed by atoms with Gasteiger partial charge in [0.25, 0.3) is 0 Å². The van der Waals surface area contributed by atoms with Crippen molar-refractivity contribution in [2.24, 2.45) is 0 Å². The number of halogens is 1. The average Bonchev–Trinajstić information content (AvgIpc) is 2.78. The summed E-state index contributed by atoms with van der Waals surface area (Å²) in [6.45, 7) is 2.89. The van der Waals surface area contributed by atoms with Gasteiger partial charge in [0.2, 0.25) is 0 Å². The number of hydrogen-bond donors (Lipinski definition) is 1. The number of nitrogens with one attached hydrogen (secondary N) is 1. The van der Waals surface area contributed by atoms with Crippen LogP contribution in [0.4, 0.5) is 0 Å². The molecule has 0 radical (unpaired) electrons. The first-order valence-corrected chi connectivity index (χ1v) is 13.1. The molecule has 0 saturated carbocycles. The number of ether oxygens (including phenoxy) is 1.